The predicted molar refractivity (Wildman–Crippen MR) is 77.5 cm³/mol. The summed E-state index contributed by atoms with van der Waals surface area (Å²) in [5.41, 5.74) is 2.30. The molecule has 20 heavy (non-hydrogen) atoms. The van der Waals surface area contributed by atoms with Crippen LogP contribution >= 0.6 is 0 Å². The smallest absolute Gasteiger partial charge is 0.256 e. The Labute approximate surface area is 120 Å². The van der Waals surface area contributed by atoms with Gasteiger partial charge in [0.15, 0.2) is 6.10 Å². The molecular formula is C16H22N2O2. The van der Waals surface area contributed by atoms with Gasteiger partial charge < -0.3 is 15.0 Å². The second-order valence-corrected chi connectivity index (χ2v) is 5.61. The summed E-state index contributed by atoms with van der Waals surface area (Å²) >= 11 is 0. The van der Waals surface area contributed by atoms with Crippen LogP contribution in [0.25, 0.3) is 0 Å². The highest BCUT2D eigenvalue weighted by molar-refractivity contribution is 5.83. The first-order valence-corrected chi connectivity index (χ1v) is 7.45. The molecule has 1 amide bonds. The molecule has 2 heterocycles. The number of likely N-dealkylation sites (N-methyl/N-ethyl adjacent to an activating group) is 1. The maximum absolute atomic E-state index is 12.8. The average molecular weight is 274 g/mol. The Morgan fingerprint density at radius 3 is 3.10 bits per heavy atom. The van der Waals surface area contributed by atoms with Crippen LogP contribution in [0.3, 0.4) is 0 Å². The standard InChI is InChI=1S/C16H22N2O2/c1-17-13-6-4-9-18(11-13)16(19)15-14-7-3-2-5-12(14)8-10-20-15/h2-3,5,7,13,15,17H,4,6,8-11H2,1H3. The normalized spacial score (nSPS) is 26.1. The minimum absolute atomic E-state index is 0.122. The summed E-state index contributed by atoms with van der Waals surface area (Å²) < 4.78 is 5.78. The van der Waals surface area contributed by atoms with E-state index in [9.17, 15) is 4.79 Å². The van der Waals surface area contributed by atoms with E-state index in [0.29, 0.717) is 12.6 Å². The van der Waals surface area contributed by atoms with Crippen molar-refractivity contribution < 1.29 is 9.53 Å². The molecule has 2 unspecified atom stereocenters. The first-order valence-electron chi connectivity index (χ1n) is 7.45. The molecule has 3 rings (SSSR count). The van der Waals surface area contributed by atoms with E-state index in [1.807, 2.05) is 30.1 Å². The molecule has 0 saturated carbocycles. The van der Waals surface area contributed by atoms with Crippen LogP contribution in [0.15, 0.2) is 24.3 Å². The number of fused-ring (bicyclic) bond motifs is 1. The molecule has 1 fully saturated rings. The molecule has 108 valence electrons. The van der Waals surface area contributed by atoms with Crippen molar-refractivity contribution in [1.82, 2.24) is 10.2 Å². The van der Waals surface area contributed by atoms with Gasteiger partial charge in [-0.05, 0) is 37.4 Å². The van der Waals surface area contributed by atoms with E-state index in [1.165, 1.54) is 5.56 Å². The molecule has 2 atom stereocenters. The molecule has 2 aliphatic rings. The van der Waals surface area contributed by atoms with Crippen molar-refractivity contribution in [1.29, 1.82) is 0 Å². The van der Waals surface area contributed by atoms with Crippen LogP contribution in [0.5, 0.6) is 0 Å². The van der Waals surface area contributed by atoms with Crippen molar-refractivity contribution in [3.05, 3.63) is 35.4 Å². The van der Waals surface area contributed by atoms with E-state index in [-0.39, 0.29) is 5.91 Å². The van der Waals surface area contributed by atoms with Gasteiger partial charge in [0.05, 0.1) is 6.61 Å². The number of carbonyl (C=O) groups excluding carboxylic acids is 1. The first kappa shape index (κ1) is 13.6. The van der Waals surface area contributed by atoms with Crippen LogP contribution in [-0.2, 0) is 16.0 Å². The Hall–Kier alpha value is -1.39. The van der Waals surface area contributed by atoms with E-state index in [2.05, 4.69) is 11.4 Å². The van der Waals surface area contributed by atoms with Gasteiger partial charge in [0.1, 0.15) is 0 Å². The average Bonchev–Trinajstić information content (AvgIpc) is 2.53. The molecule has 1 aromatic carbocycles. The van der Waals surface area contributed by atoms with Crippen LogP contribution in [0.4, 0.5) is 0 Å². The molecular weight excluding hydrogens is 252 g/mol. The topological polar surface area (TPSA) is 41.6 Å². The molecule has 0 radical (unpaired) electrons. The lowest BCUT2D eigenvalue weighted by atomic mass is 9.96. The number of carbonyl (C=O) groups is 1. The highest BCUT2D eigenvalue weighted by Gasteiger charge is 2.32. The quantitative estimate of drug-likeness (QED) is 0.889. The summed E-state index contributed by atoms with van der Waals surface area (Å²) in [6.45, 7) is 2.27. The maximum atomic E-state index is 12.8. The maximum Gasteiger partial charge on any atom is 0.256 e. The lowest BCUT2D eigenvalue weighted by Gasteiger charge is -2.36. The molecule has 4 nitrogen and oxygen atoms in total. The SMILES string of the molecule is CNC1CCCN(C(=O)C2OCCc3ccccc32)C1. The van der Waals surface area contributed by atoms with Gasteiger partial charge in [-0.25, -0.2) is 0 Å². The fourth-order valence-corrected chi connectivity index (χ4v) is 3.18. The van der Waals surface area contributed by atoms with Crippen LogP contribution in [0.2, 0.25) is 0 Å². The van der Waals surface area contributed by atoms with Gasteiger partial charge in [-0.3, -0.25) is 4.79 Å². The Morgan fingerprint density at radius 2 is 2.25 bits per heavy atom. The molecule has 1 saturated heterocycles. The number of hydrogen-bond donors (Lipinski definition) is 1. The third kappa shape index (κ3) is 2.58. The zero-order chi connectivity index (χ0) is 13.9. The second kappa shape index (κ2) is 5.94. The number of nitrogens with zero attached hydrogens (tertiary/aromatic N) is 1. The highest BCUT2D eigenvalue weighted by Crippen LogP contribution is 2.29. The third-order valence-corrected chi connectivity index (χ3v) is 4.36. The van der Waals surface area contributed by atoms with E-state index >= 15 is 0 Å². The Morgan fingerprint density at radius 1 is 1.40 bits per heavy atom. The predicted octanol–water partition coefficient (Wildman–Crippen LogP) is 1.51. The van der Waals surface area contributed by atoms with Crippen molar-refractivity contribution in [3.63, 3.8) is 0 Å². The Kier molecular flexibility index (Phi) is 4.03. The lowest BCUT2D eigenvalue weighted by molar-refractivity contribution is -0.146. The minimum Gasteiger partial charge on any atom is -0.363 e. The molecule has 0 bridgehead atoms. The summed E-state index contributed by atoms with van der Waals surface area (Å²) in [4.78, 5) is 14.7. The van der Waals surface area contributed by atoms with E-state index < -0.39 is 6.10 Å². The summed E-state index contributed by atoms with van der Waals surface area (Å²) in [6.07, 6.45) is 2.70. The van der Waals surface area contributed by atoms with Crippen LogP contribution < -0.4 is 5.32 Å². The number of hydrogen-bond acceptors (Lipinski definition) is 3. The monoisotopic (exact) mass is 274 g/mol. The summed E-state index contributed by atoms with van der Waals surface area (Å²) in [6, 6.07) is 8.55. The zero-order valence-corrected chi connectivity index (χ0v) is 12.0. The molecule has 1 N–H and O–H groups in total. The van der Waals surface area contributed by atoms with Crippen LogP contribution in [-0.4, -0.2) is 43.6 Å². The van der Waals surface area contributed by atoms with Gasteiger partial charge in [-0.15, -0.1) is 0 Å². The third-order valence-electron chi connectivity index (χ3n) is 4.36. The van der Waals surface area contributed by atoms with Crippen molar-refractivity contribution >= 4 is 5.91 Å². The largest absolute Gasteiger partial charge is 0.363 e. The van der Waals surface area contributed by atoms with E-state index in [1.54, 1.807) is 0 Å². The van der Waals surface area contributed by atoms with Gasteiger partial charge in [0.2, 0.25) is 0 Å². The summed E-state index contributed by atoms with van der Waals surface area (Å²) in [5, 5.41) is 3.28. The molecule has 1 aromatic rings. The second-order valence-electron chi connectivity index (χ2n) is 5.61. The highest BCUT2D eigenvalue weighted by atomic mass is 16.5. The van der Waals surface area contributed by atoms with E-state index in [0.717, 1.165) is 37.9 Å². The van der Waals surface area contributed by atoms with Crippen LogP contribution in [0.1, 0.15) is 30.1 Å². The number of benzene rings is 1. The van der Waals surface area contributed by atoms with Crippen molar-refractivity contribution in [2.75, 3.05) is 26.7 Å². The minimum atomic E-state index is -0.407. The van der Waals surface area contributed by atoms with Crippen LogP contribution in [0, 0.1) is 0 Å². The van der Waals surface area contributed by atoms with Gasteiger partial charge >= 0.3 is 0 Å². The zero-order valence-electron chi connectivity index (χ0n) is 12.0. The number of nitrogens with one attached hydrogen (secondary N) is 1. The fraction of sp³-hybridized carbons (Fsp3) is 0.562. The first-order chi connectivity index (χ1) is 9.79. The van der Waals surface area contributed by atoms with Gasteiger partial charge in [-0.2, -0.15) is 0 Å². The number of amides is 1. The van der Waals surface area contributed by atoms with Gasteiger partial charge in [0, 0.05) is 19.1 Å². The fourth-order valence-electron chi connectivity index (χ4n) is 3.18. The number of likely N-dealkylation sites (tertiary alicyclic amines) is 1. The molecule has 2 aliphatic heterocycles. The molecule has 0 aliphatic carbocycles. The molecule has 4 heteroatoms. The number of rotatable bonds is 2. The molecule has 0 spiro atoms. The van der Waals surface area contributed by atoms with Crippen molar-refractivity contribution in [2.45, 2.75) is 31.4 Å². The number of piperidine rings is 1. The summed E-state index contributed by atoms with van der Waals surface area (Å²) in [7, 11) is 1.96. The van der Waals surface area contributed by atoms with Crippen molar-refractivity contribution in [3.8, 4) is 0 Å². The van der Waals surface area contributed by atoms with Gasteiger partial charge in [-0.1, -0.05) is 24.3 Å². The van der Waals surface area contributed by atoms with Gasteiger partial charge in [0.25, 0.3) is 5.91 Å². The van der Waals surface area contributed by atoms with E-state index in [4.69, 9.17) is 4.74 Å². The molecule has 0 aromatic heterocycles. The number of ether oxygens (including phenoxy) is 1. The Balaban J connectivity index is 1.78. The summed E-state index contributed by atoms with van der Waals surface area (Å²) in [5.74, 6) is 0.122. The van der Waals surface area contributed by atoms with Crippen molar-refractivity contribution in [2.24, 2.45) is 0 Å². The Bertz CT molecular complexity index is 489. The lowest BCUT2D eigenvalue weighted by Crippen LogP contribution is -2.49.